The summed E-state index contributed by atoms with van der Waals surface area (Å²) in [5, 5.41) is 85.6. The van der Waals surface area contributed by atoms with E-state index in [0.717, 1.165) is 0 Å². The predicted octanol–water partition coefficient (Wildman–Crippen LogP) is -7.27. The van der Waals surface area contributed by atoms with Gasteiger partial charge in [-0.15, -0.1) is 0 Å². The van der Waals surface area contributed by atoms with E-state index in [4.69, 9.17) is 35.2 Å². The van der Waals surface area contributed by atoms with Crippen molar-refractivity contribution in [2.45, 2.75) is 104 Å². The van der Waals surface area contributed by atoms with Gasteiger partial charge in [0.25, 0.3) is 0 Å². The van der Waals surface area contributed by atoms with Crippen LogP contribution in [0.3, 0.4) is 0 Å². The zero-order valence-corrected chi connectivity index (χ0v) is 19.6. The number of aliphatic hydroxyl groups excluding tert-OH is 8. The van der Waals surface area contributed by atoms with Gasteiger partial charge in [0.2, 0.25) is 0 Å². The Morgan fingerprint density at radius 2 is 1.61 bits per heavy atom. The lowest BCUT2D eigenvalue weighted by molar-refractivity contribution is -0.439. The van der Waals surface area contributed by atoms with Gasteiger partial charge in [0.05, 0.1) is 31.5 Å². The lowest BCUT2D eigenvalue weighted by Gasteiger charge is -2.46. The molecular formula is C20H37N3O13. The maximum absolute atomic E-state index is 10.7. The Morgan fingerprint density at radius 1 is 0.944 bits per heavy atom. The molecule has 3 heterocycles. The van der Waals surface area contributed by atoms with Crippen molar-refractivity contribution in [3.05, 3.63) is 0 Å². The SMILES string of the molecule is CNC1CC(N)C(O)[C@@H](O[C@@H]2OC(CO)[C@H](O)C3O[C@@]4(OC32)OC(C(N)CO)[C@H](O)C(O)C4O)C1O. The van der Waals surface area contributed by atoms with Gasteiger partial charge in [-0.25, -0.2) is 0 Å². The van der Waals surface area contributed by atoms with E-state index in [0.29, 0.717) is 0 Å². The second kappa shape index (κ2) is 10.9. The molecule has 0 bridgehead atoms. The summed E-state index contributed by atoms with van der Waals surface area (Å²) in [5.41, 5.74) is 11.8. The van der Waals surface area contributed by atoms with E-state index in [9.17, 15) is 40.9 Å². The number of aliphatic hydroxyl groups is 8. The van der Waals surface area contributed by atoms with Gasteiger partial charge in [-0.3, -0.25) is 0 Å². The number of nitrogens with one attached hydrogen (secondary N) is 1. The average molecular weight is 528 g/mol. The second-order valence-electron chi connectivity index (χ2n) is 9.72. The summed E-state index contributed by atoms with van der Waals surface area (Å²) in [6, 6.07) is -2.50. The summed E-state index contributed by atoms with van der Waals surface area (Å²) in [6.07, 6.45) is -17.7. The van der Waals surface area contributed by atoms with Crippen LogP contribution in [0.2, 0.25) is 0 Å². The minimum atomic E-state index is -2.48. The summed E-state index contributed by atoms with van der Waals surface area (Å²) in [4.78, 5) is 0. The Balaban J connectivity index is 1.62. The third-order valence-corrected chi connectivity index (χ3v) is 7.42. The van der Waals surface area contributed by atoms with Gasteiger partial charge in [0, 0.05) is 12.1 Å². The number of rotatable bonds is 6. The highest BCUT2D eigenvalue weighted by Gasteiger charge is 2.67. The monoisotopic (exact) mass is 527 g/mol. The third kappa shape index (κ3) is 4.68. The van der Waals surface area contributed by atoms with Crippen LogP contribution in [-0.2, 0) is 23.7 Å². The lowest BCUT2D eigenvalue weighted by Crippen LogP contribution is -2.69. The highest BCUT2D eigenvalue weighted by Crippen LogP contribution is 2.45. The molecule has 4 fully saturated rings. The predicted molar refractivity (Wildman–Crippen MR) is 115 cm³/mol. The Kier molecular flexibility index (Phi) is 8.55. The maximum atomic E-state index is 10.7. The van der Waals surface area contributed by atoms with Crippen LogP contribution in [0.1, 0.15) is 6.42 Å². The van der Waals surface area contributed by atoms with Crippen molar-refractivity contribution < 1.29 is 64.5 Å². The molecule has 13 N–H and O–H groups in total. The van der Waals surface area contributed by atoms with E-state index >= 15 is 0 Å². The summed E-state index contributed by atoms with van der Waals surface area (Å²) >= 11 is 0. The largest absolute Gasteiger partial charge is 0.395 e. The van der Waals surface area contributed by atoms with Gasteiger partial charge in [-0.2, -0.15) is 0 Å². The number of fused-ring (bicyclic) bond motifs is 1. The van der Waals surface area contributed by atoms with Crippen LogP contribution in [0.15, 0.2) is 0 Å². The van der Waals surface area contributed by atoms with E-state index in [1.165, 1.54) is 0 Å². The highest BCUT2D eigenvalue weighted by atomic mass is 16.9. The molecule has 1 spiro atoms. The Hall–Kier alpha value is -0.640. The smallest absolute Gasteiger partial charge is 0.314 e. The molecule has 3 saturated heterocycles. The maximum Gasteiger partial charge on any atom is 0.314 e. The number of hydrogen-bond donors (Lipinski definition) is 11. The van der Waals surface area contributed by atoms with Crippen molar-refractivity contribution >= 4 is 0 Å². The second-order valence-corrected chi connectivity index (χ2v) is 9.72. The molecule has 0 aromatic heterocycles. The molecule has 0 aromatic carbocycles. The molecule has 0 aromatic rings. The van der Waals surface area contributed by atoms with Crippen molar-refractivity contribution in [3.8, 4) is 0 Å². The van der Waals surface area contributed by atoms with Gasteiger partial charge in [-0.1, -0.05) is 0 Å². The Labute approximate surface area is 206 Å². The molecule has 0 radical (unpaired) electrons. The molecule has 3 aliphatic heterocycles. The number of nitrogens with two attached hydrogens (primary N) is 2. The minimum absolute atomic E-state index is 0.254. The van der Waals surface area contributed by atoms with Gasteiger partial charge in [0.15, 0.2) is 12.4 Å². The average Bonchev–Trinajstić information content (AvgIpc) is 3.27. The Bertz CT molecular complexity index is 756. The van der Waals surface area contributed by atoms with Crippen LogP contribution >= 0.6 is 0 Å². The molecule has 210 valence electrons. The number of hydrogen-bond acceptors (Lipinski definition) is 16. The molecule has 36 heavy (non-hydrogen) atoms. The van der Waals surface area contributed by atoms with Crippen LogP contribution in [0.25, 0.3) is 0 Å². The van der Waals surface area contributed by atoms with Crippen LogP contribution in [-0.4, -0.2) is 159 Å². The first-order valence-corrected chi connectivity index (χ1v) is 11.8. The third-order valence-electron chi connectivity index (χ3n) is 7.42. The summed E-state index contributed by atoms with van der Waals surface area (Å²) in [5.74, 6) is -2.48. The van der Waals surface area contributed by atoms with Crippen LogP contribution < -0.4 is 16.8 Å². The summed E-state index contributed by atoms with van der Waals surface area (Å²) in [6.45, 7) is -1.33. The molecule has 0 amide bonds. The van der Waals surface area contributed by atoms with Gasteiger partial charge in [-0.05, 0) is 13.5 Å². The summed E-state index contributed by atoms with van der Waals surface area (Å²) < 4.78 is 28.7. The first kappa shape index (κ1) is 28.4. The van der Waals surface area contributed by atoms with Crippen molar-refractivity contribution in [2.75, 3.05) is 20.3 Å². The van der Waals surface area contributed by atoms with Crippen molar-refractivity contribution in [1.29, 1.82) is 0 Å². The zero-order valence-electron chi connectivity index (χ0n) is 19.6. The molecule has 11 unspecified atom stereocenters. The van der Waals surface area contributed by atoms with E-state index in [-0.39, 0.29) is 6.42 Å². The van der Waals surface area contributed by atoms with Crippen molar-refractivity contribution in [3.63, 3.8) is 0 Å². The van der Waals surface area contributed by atoms with E-state index in [1.807, 2.05) is 0 Å². The van der Waals surface area contributed by atoms with E-state index < -0.39 is 111 Å². The lowest BCUT2D eigenvalue weighted by atomic mass is 9.84. The van der Waals surface area contributed by atoms with Crippen molar-refractivity contribution in [1.82, 2.24) is 5.32 Å². The van der Waals surface area contributed by atoms with Crippen molar-refractivity contribution in [2.24, 2.45) is 11.5 Å². The quantitative estimate of drug-likeness (QED) is 0.153. The molecular weight excluding hydrogens is 490 g/mol. The molecule has 16 nitrogen and oxygen atoms in total. The zero-order chi connectivity index (χ0) is 26.5. The molecule has 1 saturated carbocycles. The van der Waals surface area contributed by atoms with E-state index in [1.54, 1.807) is 7.05 Å². The first-order valence-electron chi connectivity index (χ1n) is 11.8. The fraction of sp³-hybridized carbons (Fsp3) is 1.00. The topological polar surface area (TPSA) is 272 Å². The van der Waals surface area contributed by atoms with Gasteiger partial charge >= 0.3 is 5.97 Å². The molecule has 4 aliphatic rings. The summed E-state index contributed by atoms with van der Waals surface area (Å²) in [7, 11) is 1.60. The fourth-order valence-electron chi connectivity index (χ4n) is 5.23. The molecule has 1 aliphatic carbocycles. The highest BCUT2D eigenvalue weighted by molar-refractivity contribution is 5.05. The fourth-order valence-corrected chi connectivity index (χ4v) is 5.23. The molecule has 16 heteroatoms. The first-order chi connectivity index (χ1) is 17.0. The van der Waals surface area contributed by atoms with Crippen LogP contribution in [0.5, 0.6) is 0 Å². The normalized spacial score (nSPS) is 54.4. The van der Waals surface area contributed by atoms with E-state index in [2.05, 4.69) is 5.32 Å². The standard InChI is InChI=1S/C20H37N3O13/c1-23-7-2-5(21)9(26)15(10(7)27)33-19-17-16(11(28)8(4-25)32-19)35-20(36-17)18(31)13(30)12(29)14(34-20)6(22)3-24/h5-19,23-31H,2-4,21-22H2,1H3/t5?,6?,7?,8?,9?,10?,11-,12+,13?,14?,15+,16?,17?,18?,19-,20-/m0/s1. The molecule has 4 rings (SSSR count). The Morgan fingerprint density at radius 3 is 2.22 bits per heavy atom. The van der Waals surface area contributed by atoms with Gasteiger partial charge in [0.1, 0.15) is 48.8 Å². The van der Waals surface area contributed by atoms with Crippen LogP contribution in [0.4, 0.5) is 0 Å². The number of likely N-dealkylation sites (N-methyl/N-ethyl adjacent to an activating group) is 1. The van der Waals surface area contributed by atoms with Gasteiger partial charge < -0.3 is 81.3 Å². The number of ether oxygens (including phenoxy) is 5. The van der Waals surface area contributed by atoms with Crippen LogP contribution in [0, 0.1) is 0 Å². The minimum Gasteiger partial charge on any atom is -0.395 e. The molecule has 16 atom stereocenters.